The van der Waals surface area contributed by atoms with Gasteiger partial charge in [-0.15, -0.1) is 0 Å². The fourth-order valence-electron chi connectivity index (χ4n) is 3.55. The van der Waals surface area contributed by atoms with Gasteiger partial charge in [-0.3, -0.25) is 4.55 Å². The normalized spacial score (nSPS) is 36.9. The first kappa shape index (κ1) is 15.7. The molecule has 2 aliphatic rings. The zero-order valence-corrected chi connectivity index (χ0v) is 13.2. The second-order valence-corrected chi connectivity index (χ2v) is 7.90. The van der Waals surface area contributed by atoms with E-state index in [1.54, 1.807) is 0 Å². The van der Waals surface area contributed by atoms with Crippen molar-refractivity contribution in [1.82, 2.24) is 0 Å². The van der Waals surface area contributed by atoms with Gasteiger partial charge in [0.15, 0.2) is 0 Å². The van der Waals surface area contributed by atoms with Crippen LogP contribution in [0.15, 0.2) is 22.6 Å². The number of aliphatic hydroxyl groups is 1. The van der Waals surface area contributed by atoms with Crippen LogP contribution in [-0.2, 0) is 10.1 Å². The second kappa shape index (κ2) is 5.28. The highest BCUT2D eigenvalue weighted by molar-refractivity contribution is 7.88. The maximum Gasteiger partial charge on any atom is 0.287 e. The Hall–Kier alpha value is -0.650. The molecule has 0 amide bonds. The van der Waals surface area contributed by atoms with Gasteiger partial charge in [0.1, 0.15) is 0 Å². The SMILES string of the molecule is CC(C)C1=C[C@H]2[C@@H](CC[C@@]2(C)O)/C(=C\S(=O)(=O)O)CC1. The Kier molecular flexibility index (Phi) is 4.15. The summed E-state index contributed by atoms with van der Waals surface area (Å²) in [5, 5.41) is 11.5. The summed E-state index contributed by atoms with van der Waals surface area (Å²) >= 11 is 0. The van der Waals surface area contributed by atoms with Crippen molar-refractivity contribution >= 4 is 10.1 Å². The summed E-state index contributed by atoms with van der Waals surface area (Å²) in [6.07, 6.45) is 5.00. The molecule has 0 aromatic rings. The highest BCUT2D eigenvalue weighted by Gasteiger charge is 2.45. The molecule has 20 heavy (non-hydrogen) atoms. The van der Waals surface area contributed by atoms with Crippen LogP contribution >= 0.6 is 0 Å². The largest absolute Gasteiger partial charge is 0.390 e. The number of rotatable bonds is 2. The van der Waals surface area contributed by atoms with Crippen molar-refractivity contribution in [2.24, 2.45) is 17.8 Å². The van der Waals surface area contributed by atoms with Gasteiger partial charge in [-0.1, -0.05) is 31.1 Å². The summed E-state index contributed by atoms with van der Waals surface area (Å²) in [7, 11) is -4.12. The lowest BCUT2D eigenvalue weighted by atomic mass is 9.83. The first-order chi connectivity index (χ1) is 9.10. The molecule has 0 spiro atoms. The van der Waals surface area contributed by atoms with Crippen LogP contribution < -0.4 is 0 Å². The lowest BCUT2D eigenvalue weighted by Gasteiger charge is -2.27. The van der Waals surface area contributed by atoms with Gasteiger partial charge < -0.3 is 5.11 Å². The predicted octanol–water partition coefficient (Wildman–Crippen LogP) is 2.91. The molecule has 114 valence electrons. The molecule has 0 heterocycles. The van der Waals surface area contributed by atoms with E-state index in [1.807, 2.05) is 6.92 Å². The van der Waals surface area contributed by atoms with Crippen LogP contribution in [0.25, 0.3) is 0 Å². The predicted molar refractivity (Wildman–Crippen MR) is 78.6 cm³/mol. The topological polar surface area (TPSA) is 74.6 Å². The number of fused-ring (bicyclic) bond motifs is 1. The van der Waals surface area contributed by atoms with Crippen molar-refractivity contribution in [2.45, 2.75) is 52.1 Å². The molecule has 2 rings (SSSR count). The van der Waals surface area contributed by atoms with Crippen molar-refractivity contribution in [2.75, 3.05) is 0 Å². The molecule has 4 nitrogen and oxygen atoms in total. The number of hydrogen-bond donors (Lipinski definition) is 2. The van der Waals surface area contributed by atoms with Gasteiger partial charge in [-0.2, -0.15) is 8.42 Å². The fourth-order valence-corrected chi connectivity index (χ4v) is 4.22. The molecule has 0 unspecified atom stereocenters. The third-order valence-electron chi connectivity index (χ3n) is 4.73. The molecule has 0 radical (unpaired) electrons. The third-order valence-corrected chi connectivity index (χ3v) is 5.33. The van der Waals surface area contributed by atoms with Crippen molar-refractivity contribution in [3.8, 4) is 0 Å². The molecule has 0 saturated heterocycles. The van der Waals surface area contributed by atoms with E-state index in [1.165, 1.54) is 5.57 Å². The lowest BCUT2D eigenvalue weighted by molar-refractivity contribution is 0.0330. The zero-order valence-electron chi connectivity index (χ0n) is 12.3. The Balaban J connectivity index is 2.44. The van der Waals surface area contributed by atoms with Crippen LogP contribution in [0.4, 0.5) is 0 Å². The molecule has 2 N–H and O–H groups in total. The van der Waals surface area contributed by atoms with Gasteiger partial charge in [-0.25, -0.2) is 0 Å². The van der Waals surface area contributed by atoms with E-state index < -0.39 is 15.7 Å². The van der Waals surface area contributed by atoms with Crippen molar-refractivity contribution < 1.29 is 18.1 Å². The second-order valence-electron chi connectivity index (χ2n) is 6.63. The van der Waals surface area contributed by atoms with E-state index in [4.69, 9.17) is 4.55 Å². The van der Waals surface area contributed by atoms with Gasteiger partial charge in [0.05, 0.1) is 11.0 Å². The van der Waals surface area contributed by atoms with Gasteiger partial charge in [-0.05, 0) is 44.4 Å². The van der Waals surface area contributed by atoms with Crippen LogP contribution in [0.5, 0.6) is 0 Å². The van der Waals surface area contributed by atoms with Crippen LogP contribution in [0.1, 0.15) is 46.5 Å². The average molecular weight is 300 g/mol. The highest BCUT2D eigenvalue weighted by atomic mass is 32.2. The van der Waals surface area contributed by atoms with Gasteiger partial charge in [0.2, 0.25) is 0 Å². The summed E-state index contributed by atoms with van der Waals surface area (Å²) in [6, 6.07) is 0. The van der Waals surface area contributed by atoms with Crippen molar-refractivity contribution in [3.63, 3.8) is 0 Å². The van der Waals surface area contributed by atoms with Crippen molar-refractivity contribution in [3.05, 3.63) is 22.6 Å². The quantitative estimate of drug-likeness (QED) is 0.607. The number of hydrogen-bond acceptors (Lipinski definition) is 3. The number of allylic oxidation sites excluding steroid dienone is 2. The van der Waals surface area contributed by atoms with Crippen LogP contribution in [-0.4, -0.2) is 23.7 Å². The minimum atomic E-state index is -4.12. The fraction of sp³-hybridized carbons (Fsp3) is 0.733. The summed E-state index contributed by atoms with van der Waals surface area (Å²) in [5.41, 5.74) is 1.22. The molecule has 0 aliphatic heterocycles. The standard InChI is InChI=1S/C15H24O4S/c1-10(2)11-4-5-12(9-20(17,18)19)13-6-7-15(3,16)14(13)8-11/h8-10,13-14,16H,4-7H2,1-3H3,(H,17,18,19)/b12-9-/t13-,14-,15+/m0/s1. The maximum atomic E-state index is 11.2. The first-order valence-electron chi connectivity index (χ1n) is 7.21. The van der Waals surface area contributed by atoms with Crippen LogP contribution in [0, 0.1) is 17.8 Å². The first-order valence-corrected chi connectivity index (χ1v) is 8.71. The van der Waals surface area contributed by atoms with E-state index in [-0.39, 0.29) is 11.8 Å². The Labute approximate surface area is 121 Å². The summed E-state index contributed by atoms with van der Waals surface area (Å²) < 4.78 is 31.5. The van der Waals surface area contributed by atoms with Crippen LogP contribution in [0.2, 0.25) is 0 Å². The Morgan fingerprint density at radius 2 is 2.05 bits per heavy atom. The summed E-state index contributed by atoms with van der Waals surface area (Å²) in [6.45, 7) is 6.05. The van der Waals surface area contributed by atoms with Crippen molar-refractivity contribution in [1.29, 1.82) is 0 Å². The molecular weight excluding hydrogens is 276 g/mol. The molecule has 1 saturated carbocycles. The molecule has 5 heteroatoms. The van der Waals surface area contributed by atoms with E-state index >= 15 is 0 Å². The molecule has 0 aromatic heterocycles. The van der Waals surface area contributed by atoms with Crippen LogP contribution in [0.3, 0.4) is 0 Å². The highest BCUT2D eigenvalue weighted by Crippen LogP contribution is 2.48. The van der Waals surface area contributed by atoms with Gasteiger partial charge in [0, 0.05) is 5.92 Å². The molecule has 0 bridgehead atoms. The summed E-state index contributed by atoms with van der Waals surface area (Å²) in [4.78, 5) is 0. The minimum Gasteiger partial charge on any atom is -0.390 e. The summed E-state index contributed by atoms with van der Waals surface area (Å²) in [5.74, 6) is 0.343. The lowest BCUT2D eigenvalue weighted by Crippen LogP contribution is -2.30. The van der Waals surface area contributed by atoms with E-state index in [9.17, 15) is 13.5 Å². The molecule has 0 aromatic carbocycles. The zero-order chi connectivity index (χ0) is 15.1. The van der Waals surface area contributed by atoms with Gasteiger partial charge in [0.25, 0.3) is 10.1 Å². The molecular formula is C15H24O4S. The Morgan fingerprint density at radius 3 is 2.60 bits per heavy atom. The monoisotopic (exact) mass is 300 g/mol. The van der Waals surface area contributed by atoms with E-state index in [0.29, 0.717) is 18.8 Å². The third kappa shape index (κ3) is 3.32. The molecule has 2 aliphatic carbocycles. The maximum absolute atomic E-state index is 11.2. The van der Waals surface area contributed by atoms with E-state index in [0.717, 1.165) is 23.8 Å². The molecule has 3 atom stereocenters. The smallest absolute Gasteiger partial charge is 0.287 e. The Bertz CT molecular complexity index is 540. The average Bonchev–Trinajstić information content (AvgIpc) is 2.46. The van der Waals surface area contributed by atoms with E-state index in [2.05, 4.69) is 19.9 Å². The minimum absolute atomic E-state index is 0.0168. The van der Waals surface area contributed by atoms with Gasteiger partial charge >= 0.3 is 0 Å². The Morgan fingerprint density at radius 1 is 1.40 bits per heavy atom. The molecule has 1 fully saturated rings.